The van der Waals surface area contributed by atoms with Crippen molar-refractivity contribution < 1.29 is 9.53 Å². The van der Waals surface area contributed by atoms with Gasteiger partial charge in [0.2, 0.25) is 0 Å². The fourth-order valence-corrected chi connectivity index (χ4v) is 1.42. The van der Waals surface area contributed by atoms with Crippen molar-refractivity contribution in [3.63, 3.8) is 0 Å². The normalized spacial score (nSPS) is 12.2. The molecule has 76 valence electrons. The Morgan fingerprint density at radius 2 is 2.36 bits per heavy atom. The molecule has 2 N–H and O–H groups in total. The van der Waals surface area contributed by atoms with Crippen molar-refractivity contribution in [3.8, 4) is 0 Å². The highest BCUT2D eigenvalue weighted by molar-refractivity contribution is 7.80. The van der Waals surface area contributed by atoms with E-state index in [0.29, 0.717) is 6.42 Å². The van der Waals surface area contributed by atoms with E-state index >= 15 is 0 Å². The number of benzene rings is 1. The van der Waals surface area contributed by atoms with Gasteiger partial charge in [-0.2, -0.15) is 0 Å². The Morgan fingerprint density at radius 3 is 2.93 bits per heavy atom. The van der Waals surface area contributed by atoms with Gasteiger partial charge in [-0.1, -0.05) is 12.1 Å². The maximum Gasteiger partial charge on any atom is 0.322 e. The summed E-state index contributed by atoms with van der Waals surface area (Å²) >= 11 is 4.19. The maximum atomic E-state index is 11.0. The summed E-state index contributed by atoms with van der Waals surface area (Å²) in [5.41, 5.74) is 6.59. The van der Waals surface area contributed by atoms with E-state index in [1.165, 1.54) is 7.11 Å². The van der Waals surface area contributed by atoms with Crippen LogP contribution in [0, 0.1) is 0 Å². The number of ether oxygens (including phenoxy) is 1. The number of hydrogen-bond donors (Lipinski definition) is 2. The molecule has 0 aliphatic rings. The van der Waals surface area contributed by atoms with Crippen LogP contribution < -0.4 is 5.73 Å². The molecule has 1 atom stereocenters. The summed E-state index contributed by atoms with van der Waals surface area (Å²) in [6.45, 7) is 0. The summed E-state index contributed by atoms with van der Waals surface area (Å²) < 4.78 is 4.53. The second-order valence-corrected chi connectivity index (χ2v) is 3.52. The molecule has 0 aliphatic carbocycles. The average Bonchev–Trinajstić information content (AvgIpc) is 2.16. The number of carbonyl (C=O) groups is 1. The first-order valence-corrected chi connectivity index (χ1v) is 4.69. The van der Waals surface area contributed by atoms with Crippen molar-refractivity contribution in [2.24, 2.45) is 5.73 Å². The smallest absolute Gasteiger partial charge is 0.322 e. The molecule has 0 spiro atoms. The van der Waals surface area contributed by atoms with Gasteiger partial charge < -0.3 is 10.5 Å². The number of carbonyl (C=O) groups excluding carboxylic acids is 1. The predicted molar refractivity (Wildman–Crippen MR) is 57.4 cm³/mol. The van der Waals surface area contributed by atoms with Crippen LogP contribution in [0.4, 0.5) is 0 Å². The molecule has 1 rings (SSSR count). The summed E-state index contributed by atoms with van der Waals surface area (Å²) in [6, 6.07) is 6.93. The Hall–Kier alpha value is -1.00. The molecule has 0 saturated heterocycles. The Morgan fingerprint density at radius 1 is 1.64 bits per heavy atom. The van der Waals surface area contributed by atoms with E-state index in [-0.39, 0.29) is 0 Å². The topological polar surface area (TPSA) is 52.3 Å². The quantitative estimate of drug-likeness (QED) is 0.579. The van der Waals surface area contributed by atoms with Gasteiger partial charge in [-0.3, -0.25) is 4.79 Å². The molecule has 0 bridgehead atoms. The minimum absolute atomic E-state index is 0.394. The van der Waals surface area contributed by atoms with Crippen LogP contribution in [0.25, 0.3) is 0 Å². The van der Waals surface area contributed by atoms with Crippen molar-refractivity contribution in [1.29, 1.82) is 0 Å². The lowest BCUT2D eigenvalue weighted by atomic mass is 10.1. The molecular weight excluding hydrogens is 198 g/mol. The van der Waals surface area contributed by atoms with E-state index in [1.807, 2.05) is 24.3 Å². The molecule has 0 aliphatic heterocycles. The minimum atomic E-state index is -0.602. The van der Waals surface area contributed by atoms with Crippen molar-refractivity contribution in [2.45, 2.75) is 17.4 Å². The van der Waals surface area contributed by atoms with Crippen LogP contribution >= 0.6 is 12.6 Å². The van der Waals surface area contributed by atoms with Gasteiger partial charge in [0.1, 0.15) is 6.04 Å². The Kier molecular flexibility index (Phi) is 3.98. The van der Waals surface area contributed by atoms with Crippen LogP contribution in [0.2, 0.25) is 0 Å². The van der Waals surface area contributed by atoms with Crippen LogP contribution in [-0.4, -0.2) is 19.1 Å². The van der Waals surface area contributed by atoms with Gasteiger partial charge in [0, 0.05) is 4.90 Å². The Labute approximate surface area is 88.7 Å². The van der Waals surface area contributed by atoms with Crippen LogP contribution in [0.1, 0.15) is 5.56 Å². The molecule has 0 radical (unpaired) electrons. The van der Waals surface area contributed by atoms with Crippen molar-refractivity contribution in [1.82, 2.24) is 0 Å². The zero-order valence-corrected chi connectivity index (χ0v) is 8.83. The second-order valence-electron chi connectivity index (χ2n) is 3.00. The van der Waals surface area contributed by atoms with Crippen LogP contribution in [-0.2, 0) is 16.0 Å². The first kappa shape index (κ1) is 11.1. The van der Waals surface area contributed by atoms with Crippen molar-refractivity contribution in [3.05, 3.63) is 29.8 Å². The molecule has 1 aromatic carbocycles. The third-order valence-electron chi connectivity index (χ3n) is 1.87. The molecule has 0 heterocycles. The van der Waals surface area contributed by atoms with Crippen molar-refractivity contribution >= 4 is 18.6 Å². The number of methoxy groups -OCH3 is 1. The summed E-state index contributed by atoms with van der Waals surface area (Å²) in [5.74, 6) is -0.394. The molecule has 0 fully saturated rings. The summed E-state index contributed by atoms with van der Waals surface area (Å²) in [5, 5.41) is 0. The first-order chi connectivity index (χ1) is 6.63. The highest BCUT2D eigenvalue weighted by Crippen LogP contribution is 2.10. The third-order valence-corrected chi connectivity index (χ3v) is 2.15. The second kappa shape index (κ2) is 5.02. The molecular formula is C10H13NO2S. The standard InChI is InChI=1S/C10H13NO2S/c1-13-10(12)9(11)6-7-3-2-4-8(14)5-7/h2-5,9,14H,6,11H2,1H3. The zero-order chi connectivity index (χ0) is 10.6. The molecule has 4 heteroatoms. The molecule has 14 heavy (non-hydrogen) atoms. The average molecular weight is 211 g/mol. The first-order valence-electron chi connectivity index (χ1n) is 4.25. The van der Waals surface area contributed by atoms with Crippen LogP contribution in [0.15, 0.2) is 29.2 Å². The lowest BCUT2D eigenvalue weighted by molar-refractivity contribution is -0.142. The maximum absolute atomic E-state index is 11.0. The lowest BCUT2D eigenvalue weighted by Crippen LogP contribution is -2.33. The van der Waals surface area contributed by atoms with E-state index in [2.05, 4.69) is 17.4 Å². The Balaban J connectivity index is 2.64. The highest BCUT2D eigenvalue weighted by Gasteiger charge is 2.13. The zero-order valence-electron chi connectivity index (χ0n) is 7.93. The van der Waals surface area contributed by atoms with Gasteiger partial charge in [-0.25, -0.2) is 0 Å². The van der Waals surface area contributed by atoms with E-state index in [9.17, 15) is 4.79 Å². The van der Waals surface area contributed by atoms with Gasteiger partial charge in [0.15, 0.2) is 0 Å². The van der Waals surface area contributed by atoms with Gasteiger partial charge in [0.05, 0.1) is 7.11 Å². The molecule has 1 unspecified atom stereocenters. The van der Waals surface area contributed by atoms with Gasteiger partial charge in [-0.15, -0.1) is 12.6 Å². The number of nitrogens with two attached hydrogens (primary N) is 1. The molecule has 0 saturated carbocycles. The highest BCUT2D eigenvalue weighted by atomic mass is 32.1. The van der Waals surface area contributed by atoms with Gasteiger partial charge in [-0.05, 0) is 24.1 Å². The van der Waals surface area contributed by atoms with Crippen LogP contribution in [0.5, 0.6) is 0 Å². The van der Waals surface area contributed by atoms with Gasteiger partial charge in [0.25, 0.3) is 0 Å². The van der Waals surface area contributed by atoms with E-state index in [0.717, 1.165) is 10.5 Å². The van der Waals surface area contributed by atoms with Crippen molar-refractivity contribution in [2.75, 3.05) is 7.11 Å². The Bertz CT molecular complexity index is 328. The lowest BCUT2D eigenvalue weighted by Gasteiger charge is -2.09. The number of hydrogen-bond acceptors (Lipinski definition) is 4. The summed E-state index contributed by atoms with van der Waals surface area (Å²) in [7, 11) is 1.33. The monoisotopic (exact) mass is 211 g/mol. The number of esters is 1. The van der Waals surface area contributed by atoms with E-state index in [1.54, 1.807) is 0 Å². The largest absolute Gasteiger partial charge is 0.468 e. The number of rotatable bonds is 3. The molecule has 1 aromatic rings. The molecule has 0 aromatic heterocycles. The van der Waals surface area contributed by atoms with Crippen LogP contribution in [0.3, 0.4) is 0 Å². The summed E-state index contributed by atoms with van der Waals surface area (Å²) in [6.07, 6.45) is 0.473. The van der Waals surface area contributed by atoms with Gasteiger partial charge >= 0.3 is 5.97 Å². The fraction of sp³-hybridized carbons (Fsp3) is 0.300. The number of thiol groups is 1. The fourth-order valence-electron chi connectivity index (χ4n) is 1.17. The molecule has 3 nitrogen and oxygen atoms in total. The predicted octanol–water partition coefficient (Wildman–Crippen LogP) is 1.02. The van der Waals surface area contributed by atoms with E-state index in [4.69, 9.17) is 5.73 Å². The minimum Gasteiger partial charge on any atom is -0.468 e. The summed E-state index contributed by atoms with van der Waals surface area (Å²) in [4.78, 5) is 11.9. The third kappa shape index (κ3) is 3.05. The van der Waals surface area contributed by atoms with E-state index < -0.39 is 12.0 Å². The SMILES string of the molecule is COC(=O)C(N)Cc1cccc(S)c1. The molecule has 0 amide bonds.